The Bertz CT molecular complexity index is 372. The molecular formula is C10H15F3N4O. The van der Waals surface area contributed by atoms with Crippen LogP contribution in [0.2, 0.25) is 0 Å². The molecule has 0 saturated carbocycles. The van der Waals surface area contributed by atoms with Crippen molar-refractivity contribution in [2.45, 2.75) is 13.1 Å². The van der Waals surface area contributed by atoms with Crippen molar-refractivity contribution < 1.29 is 17.9 Å². The van der Waals surface area contributed by atoms with Crippen LogP contribution >= 0.6 is 0 Å². The van der Waals surface area contributed by atoms with Crippen LogP contribution in [0.25, 0.3) is 0 Å². The van der Waals surface area contributed by atoms with Crippen molar-refractivity contribution in [1.29, 1.82) is 0 Å². The maximum atomic E-state index is 12.4. The predicted molar refractivity (Wildman–Crippen MR) is 60.5 cm³/mol. The Morgan fingerprint density at radius 1 is 1.39 bits per heavy atom. The van der Waals surface area contributed by atoms with Gasteiger partial charge in [-0.05, 0) is 6.92 Å². The number of halogens is 3. The van der Waals surface area contributed by atoms with Gasteiger partial charge in [0.1, 0.15) is 6.54 Å². The smallest absolute Gasteiger partial charge is 0.405 e. The Labute approximate surface area is 103 Å². The predicted octanol–water partition coefficient (Wildman–Crippen LogP) is 1.20. The maximum Gasteiger partial charge on any atom is 0.405 e. The van der Waals surface area contributed by atoms with Crippen LogP contribution in [0.15, 0.2) is 12.4 Å². The van der Waals surface area contributed by atoms with E-state index in [4.69, 9.17) is 10.5 Å². The van der Waals surface area contributed by atoms with Crippen molar-refractivity contribution in [3.05, 3.63) is 12.4 Å². The average molecular weight is 264 g/mol. The van der Waals surface area contributed by atoms with Gasteiger partial charge >= 0.3 is 6.18 Å². The second-order valence-electron chi connectivity index (χ2n) is 3.47. The molecule has 0 aliphatic rings. The van der Waals surface area contributed by atoms with E-state index in [-0.39, 0.29) is 24.8 Å². The summed E-state index contributed by atoms with van der Waals surface area (Å²) in [7, 11) is 0. The molecule has 1 rings (SSSR count). The molecule has 1 aromatic rings. The highest BCUT2D eigenvalue weighted by atomic mass is 19.4. The van der Waals surface area contributed by atoms with E-state index in [2.05, 4.69) is 9.97 Å². The summed E-state index contributed by atoms with van der Waals surface area (Å²) >= 11 is 0. The van der Waals surface area contributed by atoms with E-state index in [1.54, 1.807) is 6.92 Å². The molecule has 0 atom stereocenters. The Morgan fingerprint density at radius 3 is 2.67 bits per heavy atom. The van der Waals surface area contributed by atoms with Gasteiger partial charge in [0.05, 0.1) is 19.0 Å². The van der Waals surface area contributed by atoms with Gasteiger partial charge in [0.25, 0.3) is 0 Å². The van der Waals surface area contributed by atoms with Gasteiger partial charge in [-0.3, -0.25) is 4.98 Å². The quantitative estimate of drug-likeness (QED) is 0.836. The molecule has 0 fully saturated rings. The molecule has 1 aromatic heterocycles. The normalized spacial score (nSPS) is 11.4. The SMILES string of the molecule is CCOc1cncc(N(CCN)CC(F)(F)F)n1. The number of alkyl halides is 3. The first-order chi connectivity index (χ1) is 8.46. The number of hydrogen-bond acceptors (Lipinski definition) is 5. The molecule has 0 radical (unpaired) electrons. The van der Waals surface area contributed by atoms with E-state index >= 15 is 0 Å². The monoisotopic (exact) mass is 264 g/mol. The van der Waals surface area contributed by atoms with E-state index in [0.29, 0.717) is 6.61 Å². The lowest BCUT2D eigenvalue weighted by Crippen LogP contribution is -2.38. The third-order valence-electron chi connectivity index (χ3n) is 1.99. The van der Waals surface area contributed by atoms with Crippen molar-refractivity contribution in [3.8, 4) is 5.88 Å². The first kappa shape index (κ1) is 14.5. The van der Waals surface area contributed by atoms with Crippen molar-refractivity contribution in [1.82, 2.24) is 9.97 Å². The fourth-order valence-electron chi connectivity index (χ4n) is 1.35. The van der Waals surface area contributed by atoms with Crippen molar-refractivity contribution in [2.24, 2.45) is 5.73 Å². The molecule has 0 spiro atoms. The standard InChI is InChI=1S/C10H15F3N4O/c1-2-18-9-6-15-5-8(16-9)17(4-3-14)7-10(11,12)13/h5-6H,2-4,7,14H2,1H3. The third kappa shape index (κ3) is 4.74. The summed E-state index contributed by atoms with van der Waals surface area (Å²) < 4.78 is 42.3. The highest BCUT2D eigenvalue weighted by molar-refractivity contribution is 5.37. The van der Waals surface area contributed by atoms with Crippen LogP contribution in [0, 0.1) is 0 Å². The summed E-state index contributed by atoms with van der Waals surface area (Å²) in [5.41, 5.74) is 5.29. The number of hydrogen-bond donors (Lipinski definition) is 1. The molecule has 18 heavy (non-hydrogen) atoms. The van der Waals surface area contributed by atoms with E-state index in [1.165, 1.54) is 12.4 Å². The van der Waals surface area contributed by atoms with Crippen LogP contribution in [-0.4, -0.2) is 42.4 Å². The summed E-state index contributed by atoms with van der Waals surface area (Å²) in [4.78, 5) is 8.77. The molecule has 1 heterocycles. The summed E-state index contributed by atoms with van der Waals surface area (Å²) in [5.74, 6) is 0.294. The van der Waals surface area contributed by atoms with Crippen LogP contribution in [0.5, 0.6) is 5.88 Å². The van der Waals surface area contributed by atoms with E-state index in [0.717, 1.165) is 4.90 Å². The van der Waals surface area contributed by atoms with Crippen molar-refractivity contribution in [2.75, 3.05) is 31.1 Å². The molecule has 0 bridgehead atoms. The molecule has 8 heteroatoms. The molecule has 0 aliphatic heterocycles. The minimum atomic E-state index is -4.32. The van der Waals surface area contributed by atoms with Crippen LogP contribution in [0.3, 0.4) is 0 Å². The minimum Gasteiger partial charge on any atom is -0.477 e. The molecule has 102 valence electrons. The Morgan fingerprint density at radius 2 is 2.11 bits per heavy atom. The van der Waals surface area contributed by atoms with Gasteiger partial charge in [-0.2, -0.15) is 18.2 Å². The minimum absolute atomic E-state index is 0.0454. The van der Waals surface area contributed by atoms with Gasteiger partial charge in [0.15, 0.2) is 5.82 Å². The molecule has 0 unspecified atom stereocenters. The van der Waals surface area contributed by atoms with Gasteiger partial charge in [-0.25, -0.2) is 0 Å². The lowest BCUT2D eigenvalue weighted by molar-refractivity contribution is -0.119. The van der Waals surface area contributed by atoms with Gasteiger partial charge in [-0.15, -0.1) is 0 Å². The van der Waals surface area contributed by atoms with Crippen molar-refractivity contribution >= 4 is 5.82 Å². The summed E-state index contributed by atoms with van der Waals surface area (Å²) in [6, 6.07) is 0. The molecular weight excluding hydrogens is 249 g/mol. The van der Waals surface area contributed by atoms with Crippen LogP contribution in [0.1, 0.15) is 6.92 Å². The highest BCUT2D eigenvalue weighted by Gasteiger charge is 2.31. The second-order valence-corrected chi connectivity index (χ2v) is 3.47. The lowest BCUT2D eigenvalue weighted by Gasteiger charge is -2.24. The van der Waals surface area contributed by atoms with Crippen molar-refractivity contribution in [3.63, 3.8) is 0 Å². The third-order valence-corrected chi connectivity index (χ3v) is 1.99. The zero-order valence-electron chi connectivity index (χ0n) is 9.94. The average Bonchev–Trinajstić information content (AvgIpc) is 2.28. The zero-order chi connectivity index (χ0) is 13.6. The summed E-state index contributed by atoms with van der Waals surface area (Å²) in [5, 5.41) is 0. The number of anilines is 1. The molecule has 0 aliphatic carbocycles. The van der Waals surface area contributed by atoms with E-state index in [1.807, 2.05) is 0 Å². The fraction of sp³-hybridized carbons (Fsp3) is 0.600. The number of rotatable bonds is 6. The molecule has 0 aromatic carbocycles. The van der Waals surface area contributed by atoms with E-state index in [9.17, 15) is 13.2 Å². The number of nitrogens with two attached hydrogens (primary N) is 1. The molecule has 2 N–H and O–H groups in total. The number of nitrogens with zero attached hydrogens (tertiary/aromatic N) is 3. The van der Waals surface area contributed by atoms with Gasteiger partial charge in [0.2, 0.25) is 5.88 Å². The Hall–Kier alpha value is -1.57. The summed E-state index contributed by atoms with van der Waals surface area (Å²) in [6.45, 7) is 1.14. The first-order valence-corrected chi connectivity index (χ1v) is 5.43. The second kappa shape index (κ2) is 6.39. The van der Waals surface area contributed by atoms with Gasteiger partial charge < -0.3 is 15.4 Å². The Balaban J connectivity index is 2.87. The van der Waals surface area contributed by atoms with Crippen LogP contribution < -0.4 is 15.4 Å². The van der Waals surface area contributed by atoms with Gasteiger partial charge in [-0.1, -0.05) is 0 Å². The van der Waals surface area contributed by atoms with Crippen LogP contribution in [0.4, 0.5) is 19.0 Å². The lowest BCUT2D eigenvalue weighted by atomic mass is 10.4. The topological polar surface area (TPSA) is 64.3 Å². The molecule has 5 nitrogen and oxygen atoms in total. The van der Waals surface area contributed by atoms with E-state index < -0.39 is 12.7 Å². The molecule has 0 amide bonds. The highest BCUT2D eigenvalue weighted by Crippen LogP contribution is 2.21. The first-order valence-electron chi connectivity index (χ1n) is 5.43. The maximum absolute atomic E-state index is 12.4. The number of ether oxygens (including phenoxy) is 1. The fourth-order valence-corrected chi connectivity index (χ4v) is 1.35. The van der Waals surface area contributed by atoms with Crippen LogP contribution in [-0.2, 0) is 0 Å². The molecule has 0 saturated heterocycles. The van der Waals surface area contributed by atoms with Gasteiger partial charge in [0, 0.05) is 13.1 Å². The summed E-state index contributed by atoms with van der Waals surface area (Å²) in [6.07, 6.45) is -1.72. The largest absolute Gasteiger partial charge is 0.477 e. The number of aromatic nitrogens is 2. The Kier molecular flexibility index (Phi) is 5.14. The zero-order valence-corrected chi connectivity index (χ0v) is 9.94.